The molecule has 166 valence electrons. The van der Waals surface area contributed by atoms with Crippen molar-refractivity contribution in [2.75, 3.05) is 4.90 Å². The van der Waals surface area contributed by atoms with Gasteiger partial charge in [0, 0.05) is 16.8 Å². The quantitative estimate of drug-likeness (QED) is 0.252. The lowest BCUT2D eigenvalue weighted by Crippen LogP contribution is -2.43. The van der Waals surface area contributed by atoms with Gasteiger partial charge in [0.05, 0.1) is 11.2 Å². The molecule has 1 aromatic heterocycles. The second-order valence-corrected chi connectivity index (χ2v) is 9.26. The summed E-state index contributed by atoms with van der Waals surface area (Å²) in [5, 5.41) is 1.07. The van der Waals surface area contributed by atoms with E-state index in [0.29, 0.717) is 5.52 Å². The van der Waals surface area contributed by atoms with E-state index < -0.39 is 23.0 Å². The number of nitrogens with zero attached hydrogens (tertiary/aromatic N) is 3. The molecule has 1 fully saturated rings. The Labute approximate surface area is 191 Å². The van der Waals surface area contributed by atoms with Gasteiger partial charge in [-0.3, -0.25) is 4.79 Å². The van der Waals surface area contributed by atoms with Gasteiger partial charge in [0.2, 0.25) is 0 Å². The Hall–Kier alpha value is -2.78. The normalized spacial score (nSPS) is 16.3. The van der Waals surface area contributed by atoms with Crippen molar-refractivity contribution in [3.8, 4) is 0 Å². The van der Waals surface area contributed by atoms with Gasteiger partial charge >= 0.3 is 11.5 Å². The number of alkyl halides is 3. The maximum Gasteiger partial charge on any atom is 0.446 e. The van der Waals surface area contributed by atoms with Crippen LogP contribution in [0.3, 0.4) is 0 Å². The molecule has 0 atom stereocenters. The number of anilines is 1. The number of rotatable bonds is 4. The number of urea groups is 1. The van der Waals surface area contributed by atoms with Crippen LogP contribution < -0.4 is 4.90 Å². The van der Waals surface area contributed by atoms with Gasteiger partial charge in [-0.2, -0.15) is 13.2 Å². The number of carbonyl (C=O) groups excluding carboxylic acids is 2. The summed E-state index contributed by atoms with van der Waals surface area (Å²) in [7, 11) is 0. The first-order valence-electron chi connectivity index (χ1n) is 9.53. The Kier molecular flexibility index (Phi) is 5.58. The maximum absolute atomic E-state index is 13.3. The molecule has 1 aliphatic rings. The lowest BCUT2D eigenvalue weighted by atomic mass is 10.0. The van der Waals surface area contributed by atoms with Crippen molar-refractivity contribution < 1.29 is 22.8 Å². The minimum atomic E-state index is -4.42. The smallest absolute Gasteiger partial charge is 0.305 e. The number of para-hydroxylation sites is 1. The van der Waals surface area contributed by atoms with E-state index in [4.69, 9.17) is 11.6 Å². The molecule has 0 spiro atoms. The highest BCUT2D eigenvalue weighted by molar-refractivity contribution is 8.00. The van der Waals surface area contributed by atoms with E-state index >= 15 is 0 Å². The Bertz CT molecular complexity index is 1220. The monoisotopic (exact) mass is 479 g/mol. The molecular formula is C22H17ClF3N3O2S. The van der Waals surface area contributed by atoms with Crippen molar-refractivity contribution in [2.45, 2.75) is 36.3 Å². The molecule has 0 aliphatic carbocycles. The minimum Gasteiger partial charge on any atom is -0.305 e. The van der Waals surface area contributed by atoms with E-state index in [1.54, 1.807) is 26.0 Å². The average molecular weight is 480 g/mol. The van der Waals surface area contributed by atoms with Crippen molar-refractivity contribution >= 4 is 51.9 Å². The van der Waals surface area contributed by atoms with Gasteiger partial charge in [-0.1, -0.05) is 29.8 Å². The second-order valence-electron chi connectivity index (χ2n) is 7.73. The number of hydrogen-bond acceptors (Lipinski definition) is 4. The summed E-state index contributed by atoms with van der Waals surface area (Å²) in [6.45, 7) is 3.37. The van der Waals surface area contributed by atoms with E-state index in [0.717, 1.165) is 15.8 Å². The van der Waals surface area contributed by atoms with Crippen LogP contribution in [-0.4, -0.2) is 32.9 Å². The standard InChI is InChI=1S/C22H17ClF3N3O2S/c1-21(2)19(30)29(14-7-9-15(10-8-14)32-22(24,25)26)20(31)28(21)12-13-11-18(23)27-17-6-4-3-5-16(13)17/h3-11H,12H2,1-2H3. The molecule has 1 saturated heterocycles. The summed E-state index contributed by atoms with van der Waals surface area (Å²) in [6, 6.07) is 13.6. The molecule has 2 heterocycles. The molecule has 0 radical (unpaired) electrons. The molecular weight excluding hydrogens is 463 g/mol. The van der Waals surface area contributed by atoms with Gasteiger partial charge in [-0.15, -0.1) is 0 Å². The van der Waals surface area contributed by atoms with Crippen LogP contribution in [-0.2, 0) is 11.3 Å². The van der Waals surface area contributed by atoms with Crippen LogP contribution in [0.4, 0.5) is 23.7 Å². The van der Waals surface area contributed by atoms with Crippen LogP contribution in [0.25, 0.3) is 10.9 Å². The number of thioether (sulfide) groups is 1. The zero-order valence-corrected chi connectivity index (χ0v) is 18.6. The molecule has 3 amide bonds. The van der Waals surface area contributed by atoms with E-state index in [-0.39, 0.29) is 34.0 Å². The van der Waals surface area contributed by atoms with Crippen LogP contribution in [0.15, 0.2) is 59.5 Å². The Morgan fingerprint density at radius 3 is 2.38 bits per heavy atom. The van der Waals surface area contributed by atoms with Crippen LogP contribution in [0.2, 0.25) is 5.15 Å². The summed E-state index contributed by atoms with van der Waals surface area (Å²) < 4.78 is 37.8. The first-order valence-corrected chi connectivity index (χ1v) is 10.7. The predicted molar refractivity (Wildman–Crippen MR) is 118 cm³/mol. The zero-order valence-electron chi connectivity index (χ0n) is 17.0. The first-order chi connectivity index (χ1) is 15.0. The maximum atomic E-state index is 13.3. The van der Waals surface area contributed by atoms with Crippen LogP contribution in [0.5, 0.6) is 0 Å². The minimum absolute atomic E-state index is 0.0330. The molecule has 32 heavy (non-hydrogen) atoms. The SMILES string of the molecule is CC1(C)C(=O)N(c2ccc(SC(F)(F)F)cc2)C(=O)N1Cc1cc(Cl)nc2ccccc12. The van der Waals surface area contributed by atoms with E-state index in [9.17, 15) is 22.8 Å². The van der Waals surface area contributed by atoms with Crippen molar-refractivity contribution in [1.82, 2.24) is 9.88 Å². The van der Waals surface area contributed by atoms with Crippen molar-refractivity contribution in [2.24, 2.45) is 0 Å². The number of pyridine rings is 1. The number of imide groups is 1. The van der Waals surface area contributed by atoms with Crippen LogP contribution >= 0.6 is 23.4 Å². The van der Waals surface area contributed by atoms with Gasteiger partial charge in [-0.05, 0) is 67.6 Å². The Balaban J connectivity index is 1.66. The fourth-order valence-corrected chi connectivity index (χ4v) is 4.40. The Morgan fingerprint density at radius 1 is 1.06 bits per heavy atom. The lowest BCUT2D eigenvalue weighted by Gasteiger charge is -2.28. The molecule has 10 heteroatoms. The highest BCUT2D eigenvalue weighted by Gasteiger charge is 2.51. The number of hydrogen-bond donors (Lipinski definition) is 0. The van der Waals surface area contributed by atoms with Gasteiger partial charge < -0.3 is 4.90 Å². The summed E-state index contributed by atoms with van der Waals surface area (Å²) in [5.74, 6) is -0.469. The summed E-state index contributed by atoms with van der Waals surface area (Å²) in [5.41, 5.74) is -3.99. The largest absolute Gasteiger partial charge is 0.446 e. The first kappa shape index (κ1) is 22.4. The average Bonchev–Trinajstić information content (AvgIpc) is 2.87. The predicted octanol–water partition coefficient (Wildman–Crippen LogP) is 6.25. The molecule has 2 aromatic carbocycles. The van der Waals surface area contributed by atoms with E-state index in [1.807, 2.05) is 18.2 Å². The van der Waals surface area contributed by atoms with Crippen molar-refractivity contribution in [1.29, 1.82) is 0 Å². The number of carbonyl (C=O) groups is 2. The topological polar surface area (TPSA) is 53.5 Å². The fraction of sp³-hybridized carbons (Fsp3) is 0.227. The third kappa shape index (κ3) is 4.14. The Morgan fingerprint density at radius 2 is 1.72 bits per heavy atom. The van der Waals surface area contributed by atoms with Gasteiger partial charge in [0.15, 0.2) is 0 Å². The molecule has 3 aromatic rings. The highest BCUT2D eigenvalue weighted by Crippen LogP contribution is 2.39. The summed E-state index contributed by atoms with van der Waals surface area (Å²) in [4.78, 5) is 33.1. The molecule has 5 nitrogen and oxygen atoms in total. The molecule has 1 aliphatic heterocycles. The third-order valence-electron chi connectivity index (χ3n) is 5.25. The second kappa shape index (κ2) is 7.97. The van der Waals surface area contributed by atoms with E-state index in [1.165, 1.54) is 29.2 Å². The number of halogens is 4. The number of aromatic nitrogens is 1. The highest BCUT2D eigenvalue weighted by atomic mass is 35.5. The fourth-order valence-electron chi connectivity index (χ4n) is 3.64. The molecule has 0 bridgehead atoms. The summed E-state index contributed by atoms with van der Waals surface area (Å²) in [6.07, 6.45) is 0. The van der Waals surface area contributed by atoms with Gasteiger partial charge in [0.1, 0.15) is 10.7 Å². The molecule has 0 unspecified atom stereocenters. The van der Waals surface area contributed by atoms with Crippen molar-refractivity contribution in [3.63, 3.8) is 0 Å². The molecule has 0 N–H and O–H groups in total. The van der Waals surface area contributed by atoms with Crippen molar-refractivity contribution in [3.05, 3.63) is 65.3 Å². The zero-order chi connectivity index (χ0) is 23.3. The molecule has 4 rings (SSSR count). The van der Waals surface area contributed by atoms with E-state index in [2.05, 4.69) is 4.98 Å². The number of benzene rings is 2. The lowest BCUT2D eigenvalue weighted by molar-refractivity contribution is -0.123. The van der Waals surface area contributed by atoms with Crippen LogP contribution in [0, 0.1) is 0 Å². The van der Waals surface area contributed by atoms with Crippen LogP contribution in [0.1, 0.15) is 19.4 Å². The third-order valence-corrected chi connectivity index (χ3v) is 6.18. The molecule has 0 saturated carbocycles. The van der Waals surface area contributed by atoms with Gasteiger partial charge in [-0.25, -0.2) is 14.7 Å². The van der Waals surface area contributed by atoms with Gasteiger partial charge in [0.25, 0.3) is 5.91 Å². The number of amides is 3. The number of fused-ring (bicyclic) bond motifs is 1. The summed E-state index contributed by atoms with van der Waals surface area (Å²) >= 11 is 5.90.